The van der Waals surface area contributed by atoms with Crippen molar-refractivity contribution in [2.45, 2.75) is 32.4 Å². The highest BCUT2D eigenvalue weighted by molar-refractivity contribution is 5.76. The van der Waals surface area contributed by atoms with Crippen LogP contribution in [-0.2, 0) is 17.8 Å². The first-order valence-corrected chi connectivity index (χ1v) is 7.58. The second-order valence-electron chi connectivity index (χ2n) is 5.36. The van der Waals surface area contributed by atoms with E-state index in [-0.39, 0.29) is 24.4 Å². The van der Waals surface area contributed by atoms with Crippen LogP contribution in [0.1, 0.15) is 19.0 Å². The van der Waals surface area contributed by atoms with Crippen LogP contribution in [0.25, 0.3) is 0 Å². The van der Waals surface area contributed by atoms with E-state index < -0.39 is 5.82 Å². The van der Waals surface area contributed by atoms with Crippen LogP contribution in [0.4, 0.5) is 4.39 Å². The van der Waals surface area contributed by atoms with Crippen molar-refractivity contribution in [3.63, 3.8) is 0 Å². The minimum atomic E-state index is -0.517. The van der Waals surface area contributed by atoms with Crippen LogP contribution in [0, 0.1) is 5.82 Å². The molecule has 1 fully saturated rings. The molecule has 0 radical (unpaired) electrons. The molecule has 7 nitrogen and oxygen atoms in total. The number of halogens is 1. The van der Waals surface area contributed by atoms with Crippen LogP contribution < -0.4 is 4.74 Å². The van der Waals surface area contributed by atoms with Crippen molar-refractivity contribution in [2.75, 3.05) is 13.1 Å². The van der Waals surface area contributed by atoms with Crippen molar-refractivity contribution < 1.29 is 13.9 Å². The average Bonchev–Trinajstić information content (AvgIpc) is 3.21. The molecule has 1 aliphatic rings. The molecule has 0 unspecified atom stereocenters. The number of likely N-dealkylation sites (tertiary alicyclic amines) is 1. The zero-order chi connectivity index (χ0) is 16.2. The molecule has 0 spiro atoms. The van der Waals surface area contributed by atoms with Crippen LogP contribution in [0.2, 0.25) is 0 Å². The maximum Gasteiger partial charge on any atom is 0.254 e. The molecule has 0 N–H and O–H groups in total. The lowest BCUT2D eigenvalue weighted by Gasteiger charge is -2.17. The summed E-state index contributed by atoms with van der Waals surface area (Å²) in [7, 11) is 0. The van der Waals surface area contributed by atoms with Gasteiger partial charge in [0.25, 0.3) is 5.88 Å². The predicted molar refractivity (Wildman–Crippen MR) is 79.2 cm³/mol. The van der Waals surface area contributed by atoms with Crippen molar-refractivity contribution in [3.8, 4) is 5.88 Å². The van der Waals surface area contributed by atoms with Crippen LogP contribution >= 0.6 is 0 Å². The number of carbonyl (C=O) groups excluding carboxylic acids is 1. The van der Waals surface area contributed by atoms with Gasteiger partial charge in [0.1, 0.15) is 19.0 Å². The van der Waals surface area contributed by atoms with Gasteiger partial charge in [-0.2, -0.15) is 14.5 Å². The summed E-state index contributed by atoms with van der Waals surface area (Å²) in [5.41, 5.74) is 0.333. The molecule has 8 heteroatoms. The van der Waals surface area contributed by atoms with E-state index in [2.05, 4.69) is 15.1 Å². The Morgan fingerprint density at radius 2 is 2.35 bits per heavy atom. The topological polar surface area (TPSA) is 73.1 Å². The highest BCUT2D eigenvalue weighted by Crippen LogP contribution is 2.21. The number of rotatable bonds is 5. The number of nitrogens with zero attached hydrogens (tertiary/aromatic N) is 5. The third-order valence-electron chi connectivity index (χ3n) is 3.80. The quantitative estimate of drug-likeness (QED) is 0.824. The summed E-state index contributed by atoms with van der Waals surface area (Å²) in [4.78, 5) is 21.6. The molecule has 0 bridgehead atoms. The monoisotopic (exact) mass is 319 g/mol. The smallest absolute Gasteiger partial charge is 0.254 e. The number of hydrogen-bond donors (Lipinski definition) is 0. The van der Waals surface area contributed by atoms with E-state index in [4.69, 9.17) is 4.74 Å². The summed E-state index contributed by atoms with van der Waals surface area (Å²) in [5.74, 6) is -0.586. The summed E-state index contributed by atoms with van der Waals surface area (Å²) >= 11 is 0. The Balaban J connectivity index is 1.59. The van der Waals surface area contributed by atoms with Gasteiger partial charge in [-0.15, -0.1) is 0 Å². The Bertz CT molecular complexity index is 677. The number of aromatic nitrogens is 4. The summed E-state index contributed by atoms with van der Waals surface area (Å²) < 4.78 is 21.3. The maximum absolute atomic E-state index is 14.1. The number of carbonyl (C=O) groups is 1. The number of aryl methyl sites for hydroxylation is 1. The zero-order valence-corrected chi connectivity index (χ0v) is 12.9. The van der Waals surface area contributed by atoms with Gasteiger partial charge in [0.2, 0.25) is 11.7 Å². The van der Waals surface area contributed by atoms with Gasteiger partial charge >= 0.3 is 0 Å². The maximum atomic E-state index is 14.1. The molecule has 0 aliphatic carbocycles. The Morgan fingerprint density at radius 1 is 1.48 bits per heavy atom. The van der Waals surface area contributed by atoms with Crippen molar-refractivity contribution in [1.29, 1.82) is 0 Å². The highest BCUT2D eigenvalue weighted by atomic mass is 19.1. The van der Waals surface area contributed by atoms with Crippen molar-refractivity contribution in [2.24, 2.45) is 0 Å². The van der Waals surface area contributed by atoms with E-state index in [0.29, 0.717) is 31.6 Å². The largest absolute Gasteiger partial charge is 0.470 e. The first-order valence-electron chi connectivity index (χ1n) is 7.58. The summed E-state index contributed by atoms with van der Waals surface area (Å²) in [5, 5.41) is 4.02. The van der Waals surface area contributed by atoms with E-state index in [1.165, 1.54) is 6.33 Å². The SMILES string of the molecule is CCc1ncnc(O[C@@H]2CCN(C(=O)Cn3cccn3)C2)c1F. The Hall–Kier alpha value is -2.51. The molecule has 2 aromatic rings. The van der Waals surface area contributed by atoms with Gasteiger partial charge in [-0.25, -0.2) is 4.98 Å². The third-order valence-corrected chi connectivity index (χ3v) is 3.80. The second-order valence-corrected chi connectivity index (χ2v) is 5.36. The lowest BCUT2D eigenvalue weighted by molar-refractivity contribution is -0.131. The van der Waals surface area contributed by atoms with E-state index >= 15 is 0 Å². The summed E-state index contributed by atoms with van der Waals surface area (Å²) in [6.07, 6.45) is 5.54. The van der Waals surface area contributed by atoms with E-state index in [1.54, 1.807) is 28.0 Å². The molecule has 1 amide bonds. The predicted octanol–water partition coefficient (Wildman–Crippen LogP) is 1.05. The molecule has 1 aliphatic heterocycles. The average molecular weight is 319 g/mol. The highest BCUT2D eigenvalue weighted by Gasteiger charge is 2.29. The fraction of sp³-hybridized carbons (Fsp3) is 0.467. The molecule has 0 saturated carbocycles. The minimum Gasteiger partial charge on any atom is -0.470 e. The Morgan fingerprint density at radius 3 is 3.09 bits per heavy atom. The normalized spacial score (nSPS) is 17.5. The molecule has 23 heavy (non-hydrogen) atoms. The summed E-state index contributed by atoms with van der Waals surface area (Å²) in [6.45, 7) is 3.02. The number of amides is 1. The zero-order valence-electron chi connectivity index (χ0n) is 12.9. The molecule has 3 rings (SSSR count). The van der Waals surface area contributed by atoms with E-state index in [1.807, 2.05) is 6.92 Å². The molecule has 1 saturated heterocycles. The van der Waals surface area contributed by atoms with Gasteiger partial charge in [0.15, 0.2) is 0 Å². The molecule has 122 valence electrons. The van der Waals surface area contributed by atoms with Crippen molar-refractivity contribution in [3.05, 3.63) is 36.3 Å². The van der Waals surface area contributed by atoms with Crippen LogP contribution in [0.3, 0.4) is 0 Å². The molecule has 3 heterocycles. The van der Waals surface area contributed by atoms with Crippen LogP contribution in [-0.4, -0.2) is 49.7 Å². The third kappa shape index (κ3) is 3.46. The van der Waals surface area contributed by atoms with Crippen LogP contribution in [0.5, 0.6) is 5.88 Å². The van der Waals surface area contributed by atoms with Gasteiger partial charge in [-0.1, -0.05) is 6.92 Å². The second kappa shape index (κ2) is 6.72. The number of ether oxygens (including phenoxy) is 1. The molecule has 2 aromatic heterocycles. The molecule has 0 aromatic carbocycles. The lowest BCUT2D eigenvalue weighted by atomic mass is 10.3. The van der Waals surface area contributed by atoms with Crippen molar-refractivity contribution in [1.82, 2.24) is 24.6 Å². The van der Waals surface area contributed by atoms with E-state index in [9.17, 15) is 9.18 Å². The standard InChI is InChI=1S/C15H18FN5O2/c1-2-12-14(16)15(18-10-17-12)23-11-4-7-20(8-11)13(22)9-21-6-3-5-19-21/h3,5-6,10-11H,2,4,7-9H2,1H3/t11-/m1/s1. The fourth-order valence-corrected chi connectivity index (χ4v) is 2.56. The van der Waals surface area contributed by atoms with Gasteiger partial charge < -0.3 is 9.64 Å². The lowest BCUT2D eigenvalue weighted by Crippen LogP contribution is -2.33. The van der Waals surface area contributed by atoms with Gasteiger partial charge in [-0.3, -0.25) is 9.48 Å². The first kappa shape index (κ1) is 15.4. The van der Waals surface area contributed by atoms with Gasteiger partial charge in [0.05, 0.1) is 12.2 Å². The Kier molecular flexibility index (Phi) is 4.50. The van der Waals surface area contributed by atoms with E-state index in [0.717, 1.165) is 0 Å². The van der Waals surface area contributed by atoms with Gasteiger partial charge in [-0.05, 0) is 12.5 Å². The van der Waals surface area contributed by atoms with Crippen molar-refractivity contribution >= 4 is 5.91 Å². The number of hydrogen-bond acceptors (Lipinski definition) is 5. The van der Waals surface area contributed by atoms with Crippen LogP contribution in [0.15, 0.2) is 24.8 Å². The minimum absolute atomic E-state index is 0.0304. The summed E-state index contributed by atoms with van der Waals surface area (Å²) in [6, 6.07) is 1.77. The molecule has 1 atom stereocenters. The Labute approximate surface area is 133 Å². The molecular formula is C15H18FN5O2. The fourth-order valence-electron chi connectivity index (χ4n) is 2.56. The molecular weight excluding hydrogens is 301 g/mol. The van der Waals surface area contributed by atoms with Gasteiger partial charge in [0, 0.05) is 25.4 Å². The first-order chi connectivity index (χ1) is 11.2.